The molecule has 0 spiro atoms. The van der Waals surface area contributed by atoms with Crippen molar-refractivity contribution < 1.29 is 14.6 Å². The number of aliphatic hydroxyl groups is 1. The van der Waals surface area contributed by atoms with Crippen LogP contribution in [-0.2, 0) is 9.53 Å². The monoisotopic (exact) mass is 215 g/mol. The van der Waals surface area contributed by atoms with E-state index in [1.165, 1.54) is 7.11 Å². The maximum Gasteiger partial charge on any atom is 0.309 e. The van der Waals surface area contributed by atoms with Crippen molar-refractivity contribution in [2.45, 2.75) is 25.7 Å². The highest BCUT2D eigenvalue weighted by atomic mass is 16.5. The second-order valence-electron chi connectivity index (χ2n) is 4.09. The summed E-state index contributed by atoms with van der Waals surface area (Å²) in [6, 6.07) is 0. The lowest BCUT2D eigenvalue weighted by atomic mass is 9.98. The van der Waals surface area contributed by atoms with Gasteiger partial charge in [-0.25, -0.2) is 0 Å². The number of likely N-dealkylation sites (tertiary alicyclic amines) is 1. The van der Waals surface area contributed by atoms with E-state index in [9.17, 15) is 4.79 Å². The number of carbonyl (C=O) groups excluding carboxylic acids is 1. The Bertz CT molecular complexity index is 196. The third-order valence-corrected chi connectivity index (χ3v) is 2.92. The summed E-state index contributed by atoms with van der Waals surface area (Å²) in [6.07, 6.45) is 3.87. The normalized spacial score (nSPS) is 22.7. The van der Waals surface area contributed by atoms with Crippen LogP contribution in [0.4, 0.5) is 0 Å². The minimum absolute atomic E-state index is 0.0536. The summed E-state index contributed by atoms with van der Waals surface area (Å²) in [7, 11) is 1.45. The molecule has 4 heteroatoms. The number of ether oxygens (including phenoxy) is 1. The number of hydrogen-bond donors (Lipinski definition) is 1. The standard InChI is InChI=1S/C11H21NO3/c1-15-11(14)10-5-4-7-12(9-10)6-2-3-8-13/h10,13H,2-9H2,1H3. The number of carbonyl (C=O) groups is 1. The highest BCUT2D eigenvalue weighted by Crippen LogP contribution is 2.17. The number of rotatable bonds is 5. The van der Waals surface area contributed by atoms with Crippen LogP contribution in [0.2, 0.25) is 0 Å². The van der Waals surface area contributed by atoms with Crippen molar-refractivity contribution in [1.82, 2.24) is 4.90 Å². The van der Waals surface area contributed by atoms with E-state index in [0.29, 0.717) is 0 Å². The first-order valence-electron chi connectivity index (χ1n) is 5.69. The van der Waals surface area contributed by atoms with Crippen molar-refractivity contribution in [1.29, 1.82) is 0 Å². The Hall–Kier alpha value is -0.610. The molecule has 1 fully saturated rings. The number of esters is 1. The van der Waals surface area contributed by atoms with Crippen LogP contribution >= 0.6 is 0 Å². The van der Waals surface area contributed by atoms with E-state index in [1.807, 2.05) is 0 Å². The lowest BCUT2D eigenvalue weighted by Crippen LogP contribution is -2.39. The van der Waals surface area contributed by atoms with Gasteiger partial charge in [0.15, 0.2) is 0 Å². The zero-order valence-corrected chi connectivity index (χ0v) is 9.45. The molecular weight excluding hydrogens is 194 g/mol. The van der Waals surface area contributed by atoms with Crippen LogP contribution in [0.25, 0.3) is 0 Å². The molecule has 1 saturated heterocycles. The molecule has 1 unspecified atom stereocenters. The first-order valence-corrected chi connectivity index (χ1v) is 5.69. The highest BCUT2D eigenvalue weighted by molar-refractivity contribution is 5.72. The third-order valence-electron chi connectivity index (χ3n) is 2.92. The molecule has 15 heavy (non-hydrogen) atoms. The Balaban J connectivity index is 2.26. The minimum Gasteiger partial charge on any atom is -0.469 e. The second kappa shape index (κ2) is 6.80. The molecule has 0 aromatic heterocycles. The molecule has 0 aromatic rings. The number of piperidine rings is 1. The molecule has 88 valence electrons. The van der Waals surface area contributed by atoms with E-state index >= 15 is 0 Å². The fourth-order valence-electron chi connectivity index (χ4n) is 2.06. The highest BCUT2D eigenvalue weighted by Gasteiger charge is 2.25. The summed E-state index contributed by atoms with van der Waals surface area (Å²) >= 11 is 0. The van der Waals surface area contributed by atoms with Crippen molar-refractivity contribution in [2.24, 2.45) is 5.92 Å². The molecular formula is C11H21NO3. The van der Waals surface area contributed by atoms with Gasteiger partial charge in [0.1, 0.15) is 0 Å². The molecule has 0 aromatic carbocycles. The molecule has 0 bridgehead atoms. The number of nitrogens with zero attached hydrogens (tertiary/aromatic N) is 1. The Morgan fingerprint density at radius 1 is 1.53 bits per heavy atom. The summed E-state index contributed by atoms with van der Waals surface area (Å²) in [4.78, 5) is 13.6. The van der Waals surface area contributed by atoms with Crippen molar-refractivity contribution in [3.05, 3.63) is 0 Å². The topological polar surface area (TPSA) is 49.8 Å². The van der Waals surface area contributed by atoms with Crippen LogP contribution < -0.4 is 0 Å². The Morgan fingerprint density at radius 2 is 2.33 bits per heavy atom. The lowest BCUT2D eigenvalue weighted by Gasteiger charge is -2.31. The summed E-state index contributed by atoms with van der Waals surface area (Å²) in [5.41, 5.74) is 0. The smallest absolute Gasteiger partial charge is 0.309 e. The lowest BCUT2D eigenvalue weighted by molar-refractivity contribution is -0.147. The van der Waals surface area contributed by atoms with E-state index in [0.717, 1.165) is 45.3 Å². The number of aliphatic hydroxyl groups excluding tert-OH is 1. The van der Waals surface area contributed by atoms with Crippen LogP contribution in [0, 0.1) is 5.92 Å². The van der Waals surface area contributed by atoms with E-state index in [1.54, 1.807) is 0 Å². The first kappa shape index (κ1) is 12.5. The van der Waals surface area contributed by atoms with E-state index in [4.69, 9.17) is 9.84 Å². The van der Waals surface area contributed by atoms with Crippen molar-refractivity contribution in [3.63, 3.8) is 0 Å². The Kier molecular flexibility index (Phi) is 5.65. The summed E-state index contributed by atoms with van der Waals surface area (Å²) < 4.78 is 4.76. The molecule has 1 aliphatic rings. The SMILES string of the molecule is COC(=O)C1CCCN(CCCCO)C1. The molecule has 1 rings (SSSR count). The van der Waals surface area contributed by atoms with Gasteiger partial charge in [0.05, 0.1) is 13.0 Å². The predicted molar refractivity (Wildman–Crippen MR) is 57.5 cm³/mol. The number of unbranched alkanes of at least 4 members (excludes halogenated alkanes) is 1. The summed E-state index contributed by atoms with van der Waals surface area (Å²) in [5, 5.41) is 8.68. The third kappa shape index (κ3) is 4.18. The molecule has 0 radical (unpaired) electrons. The molecule has 0 amide bonds. The zero-order valence-electron chi connectivity index (χ0n) is 9.45. The predicted octanol–water partition coefficient (Wildman–Crippen LogP) is 0.644. The van der Waals surface area contributed by atoms with Gasteiger partial charge in [-0.2, -0.15) is 0 Å². The van der Waals surface area contributed by atoms with Gasteiger partial charge < -0.3 is 14.7 Å². The average Bonchev–Trinajstić information content (AvgIpc) is 2.29. The van der Waals surface area contributed by atoms with E-state index < -0.39 is 0 Å². The summed E-state index contributed by atoms with van der Waals surface area (Å²) in [5.74, 6) is -0.0280. The molecule has 4 nitrogen and oxygen atoms in total. The van der Waals surface area contributed by atoms with Crippen LogP contribution in [-0.4, -0.2) is 49.3 Å². The number of hydrogen-bond acceptors (Lipinski definition) is 4. The van der Waals surface area contributed by atoms with Crippen LogP contribution in [0.1, 0.15) is 25.7 Å². The maximum absolute atomic E-state index is 11.4. The van der Waals surface area contributed by atoms with Crippen molar-refractivity contribution >= 4 is 5.97 Å². The van der Waals surface area contributed by atoms with Crippen molar-refractivity contribution in [3.8, 4) is 0 Å². The van der Waals surface area contributed by atoms with Crippen LogP contribution in [0.5, 0.6) is 0 Å². The van der Waals surface area contributed by atoms with Gasteiger partial charge in [-0.3, -0.25) is 4.79 Å². The van der Waals surface area contributed by atoms with Gasteiger partial charge in [-0.1, -0.05) is 0 Å². The molecule has 0 aliphatic carbocycles. The van der Waals surface area contributed by atoms with Gasteiger partial charge in [0.25, 0.3) is 0 Å². The fourth-order valence-corrected chi connectivity index (χ4v) is 2.06. The molecule has 1 heterocycles. The second-order valence-corrected chi connectivity index (χ2v) is 4.09. The van der Waals surface area contributed by atoms with Gasteiger partial charge in [0, 0.05) is 13.2 Å². The van der Waals surface area contributed by atoms with Crippen molar-refractivity contribution in [2.75, 3.05) is 33.4 Å². The quantitative estimate of drug-likeness (QED) is 0.540. The first-order chi connectivity index (χ1) is 7.27. The Labute approximate surface area is 91.2 Å². The van der Waals surface area contributed by atoms with Gasteiger partial charge in [0.2, 0.25) is 0 Å². The van der Waals surface area contributed by atoms with E-state index in [2.05, 4.69) is 4.90 Å². The largest absolute Gasteiger partial charge is 0.469 e. The van der Waals surface area contributed by atoms with Gasteiger partial charge >= 0.3 is 5.97 Å². The summed E-state index contributed by atoms with van der Waals surface area (Å²) in [6.45, 7) is 3.12. The minimum atomic E-state index is -0.0816. The van der Waals surface area contributed by atoms with E-state index in [-0.39, 0.29) is 18.5 Å². The Morgan fingerprint density at radius 3 is 3.00 bits per heavy atom. The van der Waals surface area contributed by atoms with Gasteiger partial charge in [-0.05, 0) is 38.8 Å². The van der Waals surface area contributed by atoms with Crippen LogP contribution in [0.15, 0.2) is 0 Å². The molecule has 1 aliphatic heterocycles. The molecule has 0 saturated carbocycles. The molecule has 1 N–H and O–H groups in total. The maximum atomic E-state index is 11.4. The van der Waals surface area contributed by atoms with Crippen LogP contribution in [0.3, 0.4) is 0 Å². The fraction of sp³-hybridized carbons (Fsp3) is 0.909. The number of methoxy groups -OCH3 is 1. The zero-order chi connectivity index (χ0) is 11.1. The average molecular weight is 215 g/mol. The van der Waals surface area contributed by atoms with Gasteiger partial charge in [-0.15, -0.1) is 0 Å². The molecule has 1 atom stereocenters.